The summed E-state index contributed by atoms with van der Waals surface area (Å²) in [5.41, 5.74) is 0.409. The number of hydrogen-bond acceptors (Lipinski definition) is 4. The van der Waals surface area contributed by atoms with Crippen molar-refractivity contribution < 1.29 is 19.1 Å². The lowest BCUT2D eigenvalue weighted by atomic mass is 10.2. The van der Waals surface area contributed by atoms with Crippen molar-refractivity contribution in [2.24, 2.45) is 0 Å². The maximum atomic E-state index is 11.6. The standard InChI is InChI=1S/C11H10ClNO4/c12-8-3-1-7(2-4-8)10(14)16-6-9-5-13-11(15)17-9/h1-4,9H,5-6H2,(H,13,15)/t9-/m0/s1. The van der Waals surface area contributed by atoms with Crippen LogP contribution in [0.3, 0.4) is 0 Å². The molecule has 0 saturated carbocycles. The van der Waals surface area contributed by atoms with Gasteiger partial charge in [-0.2, -0.15) is 0 Å². The van der Waals surface area contributed by atoms with E-state index in [1.807, 2.05) is 0 Å². The van der Waals surface area contributed by atoms with Gasteiger partial charge >= 0.3 is 12.1 Å². The van der Waals surface area contributed by atoms with Crippen molar-refractivity contribution in [1.82, 2.24) is 5.32 Å². The first kappa shape index (κ1) is 11.7. The minimum atomic E-state index is -0.488. The monoisotopic (exact) mass is 255 g/mol. The molecule has 1 N–H and O–H groups in total. The molecule has 2 rings (SSSR count). The molecule has 1 fully saturated rings. The molecule has 1 aromatic rings. The Morgan fingerprint density at radius 1 is 1.47 bits per heavy atom. The summed E-state index contributed by atoms with van der Waals surface area (Å²) in [6, 6.07) is 6.36. The Balaban J connectivity index is 1.85. The predicted molar refractivity (Wildman–Crippen MR) is 60.0 cm³/mol. The number of nitrogens with one attached hydrogen (secondary N) is 1. The Hall–Kier alpha value is -1.75. The molecular formula is C11H10ClNO4. The van der Waals surface area contributed by atoms with E-state index in [9.17, 15) is 9.59 Å². The van der Waals surface area contributed by atoms with Gasteiger partial charge in [-0.05, 0) is 24.3 Å². The molecule has 0 aliphatic carbocycles. The van der Waals surface area contributed by atoms with Gasteiger partial charge in [-0.15, -0.1) is 0 Å². The molecule has 5 nitrogen and oxygen atoms in total. The van der Waals surface area contributed by atoms with Crippen molar-refractivity contribution in [3.63, 3.8) is 0 Å². The number of amides is 1. The van der Waals surface area contributed by atoms with E-state index in [0.717, 1.165) is 0 Å². The van der Waals surface area contributed by atoms with E-state index in [4.69, 9.17) is 21.1 Å². The second kappa shape index (κ2) is 5.05. The molecule has 1 aliphatic heterocycles. The van der Waals surface area contributed by atoms with Crippen molar-refractivity contribution in [3.8, 4) is 0 Å². The number of cyclic esters (lactones) is 1. The highest BCUT2D eigenvalue weighted by Gasteiger charge is 2.23. The zero-order valence-corrected chi connectivity index (χ0v) is 9.57. The average molecular weight is 256 g/mol. The lowest BCUT2D eigenvalue weighted by Crippen LogP contribution is -2.22. The first-order chi connectivity index (χ1) is 8.15. The Bertz CT molecular complexity index is 432. The normalized spacial score (nSPS) is 18.4. The fourth-order valence-corrected chi connectivity index (χ4v) is 1.49. The minimum absolute atomic E-state index is 0.0419. The maximum Gasteiger partial charge on any atom is 0.407 e. The fourth-order valence-electron chi connectivity index (χ4n) is 1.36. The smallest absolute Gasteiger partial charge is 0.407 e. The molecule has 0 spiro atoms. The summed E-state index contributed by atoms with van der Waals surface area (Å²) in [5, 5.41) is 3.02. The van der Waals surface area contributed by atoms with Crippen LogP contribution in [0.2, 0.25) is 5.02 Å². The highest BCUT2D eigenvalue weighted by atomic mass is 35.5. The highest BCUT2D eigenvalue weighted by Crippen LogP contribution is 2.11. The lowest BCUT2D eigenvalue weighted by Gasteiger charge is -2.08. The summed E-state index contributed by atoms with van der Waals surface area (Å²) >= 11 is 5.70. The van der Waals surface area contributed by atoms with Crippen LogP contribution < -0.4 is 5.32 Å². The zero-order chi connectivity index (χ0) is 12.3. The topological polar surface area (TPSA) is 64.6 Å². The number of hydrogen-bond donors (Lipinski definition) is 1. The molecule has 0 bridgehead atoms. The van der Waals surface area contributed by atoms with Gasteiger partial charge in [-0.25, -0.2) is 9.59 Å². The molecule has 6 heteroatoms. The number of esters is 1. The van der Waals surface area contributed by atoms with E-state index in [2.05, 4.69) is 5.32 Å². The molecule has 0 radical (unpaired) electrons. The third-order valence-electron chi connectivity index (χ3n) is 2.23. The second-order valence-corrected chi connectivity index (χ2v) is 3.95. The van der Waals surface area contributed by atoms with Crippen molar-refractivity contribution in [2.45, 2.75) is 6.10 Å². The van der Waals surface area contributed by atoms with Gasteiger partial charge in [-0.3, -0.25) is 0 Å². The van der Waals surface area contributed by atoms with Gasteiger partial charge in [0.05, 0.1) is 12.1 Å². The summed E-state index contributed by atoms with van der Waals surface area (Å²) in [6.45, 7) is 0.396. The van der Waals surface area contributed by atoms with E-state index in [1.165, 1.54) is 0 Å². The van der Waals surface area contributed by atoms with Crippen LogP contribution in [0.15, 0.2) is 24.3 Å². The van der Waals surface area contributed by atoms with Crippen LogP contribution >= 0.6 is 11.6 Å². The molecule has 1 amide bonds. The first-order valence-electron chi connectivity index (χ1n) is 5.02. The summed E-state index contributed by atoms with van der Waals surface area (Å²) in [7, 11) is 0. The lowest BCUT2D eigenvalue weighted by molar-refractivity contribution is 0.0300. The number of ether oxygens (including phenoxy) is 2. The maximum absolute atomic E-state index is 11.6. The predicted octanol–water partition coefficient (Wildman–Crippen LogP) is 1.61. The molecule has 1 aliphatic rings. The van der Waals surface area contributed by atoms with E-state index < -0.39 is 18.2 Å². The number of alkyl carbamates (subject to hydrolysis) is 1. The molecule has 1 aromatic carbocycles. The molecule has 1 heterocycles. The summed E-state index contributed by atoms with van der Waals surface area (Å²) in [4.78, 5) is 22.3. The van der Waals surface area contributed by atoms with Gasteiger partial charge in [0, 0.05) is 5.02 Å². The number of halogens is 1. The Labute approximate surface area is 103 Å². The quantitative estimate of drug-likeness (QED) is 0.834. The first-order valence-corrected chi connectivity index (χ1v) is 5.40. The van der Waals surface area contributed by atoms with Gasteiger partial charge < -0.3 is 14.8 Å². The van der Waals surface area contributed by atoms with Gasteiger partial charge in [-0.1, -0.05) is 11.6 Å². The molecule has 90 valence electrons. The van der Waals surface area contributed by atoms with Crippen LogP contribution in [0.5, 0.6) is 0 Å². The Morgan fingerprint density at radius 2 is 2.18 bits per heavy atom. The third-order valence-corrected chi connectivity index (χ3v) is 2.48. The van der Waals surface area contributed by atoms with Crippen molar-refractivity contribution >= 4 is 23.7 Å². The largest absolute Gasteiger partial charge is 0.458 e. The van der Waals surface area contributed by atoms with E-state index in [1.54, 1.807) is 24.3 Å². The molecule has 17 heavy (non-hydrogen) atoms. The molecule has 1 atom stereocenters. The number of carbonyl (C=O) groups excluding carboxylic acids is 2. The minimum Gasteiger partial charge on any atom is -0.458 e. The van der Waals surface area contributed by atoms with Gasteiger partial charge in [0.25, 0.3) is 0 Å². The fraction of sp³-hybridized carbons (Fsp3) is 0.273. The van der Waals surface area contributed by atoms with E-state index in [0.29, 0.717) is 17.1 Å². The van der Waals surface area contributed by atoms with E-state index >= 15 is 0 Å². The van der Waals surface area contributed by atoms with Crippen molar-refractivity contribution in [2.75, 3.05) is 13.2 Å². The highest BCUT2D eigenvalue weighted by molar-refractivity contribution is 6.30. The second-order valence-electron chi connectivity index (χ2n) is 3.51. The SMILES string of the molecule is O=C1NC[C@@H](COC(=O)c2ccc(Cl)cc2)O1. The average Bonchev–Trinajstić information content (AvgIpc) is 2.73. The Morgan fingerprint density at radius 3 is 2.76 bits per heavy atom. The number of carbonyl (C=O) groups is 2. The van der Waals surface area contributed by atoms with Gasteiger partial charge in [0.2, 0.25) is 0 Å². The van der Waals surface area contributed by atoms with Crippen molar-refractivity contribution in [3.05, 3.63) is 34.9 Å². The number of rotatable bonds is 3. The van der Waals surface area contributed by atoms with E-state index in [-0.39, 0.29) is 6.61 Å². The van der Waals surface area contributed by atoms with Crippen LogP contribution in [-0.2, 0) is 9.47 Å². The van der Waals surface area contributed by atoms with Crippen LogP contribution in [0.1, 0.15) is 10.4 Å². The van der Waals surface area contributed by atoms with Crippen molar-refractivity contribution in [1.29, 1.82) is 0 Å². The summed E-state index contributed by atoms with van der Waals surface area (Å²) < 4.78 is 9.82. The zero-order valence-electron chi connectivity index (χ0n) is 8.81. The van der Waals surface area contributed by atoms with Crippen LogP contribution in [0, 0.1) is 0 Å². The summed E-state index contributed by atoms with van der Waals surface area (Å²) in [6.07, 6.45) is -0.906. The van der Waals surface area contributed by atoms with Crippen LogP contribution in [-0.4, -0.2) is 31.3 Å². The summed E-state index contributed by atoms with van der Waals surface area (Å²) in [5.74, 6) is -0.468. The van der Waals surface area contributed by atoms with Gasteiger partial charge in [0.15, 0.2) is 6.10 Å². The molecule has 0 aromatic heterocycles. The molecule has 0 unspecified atom stereocenters. The van der Waals surface area contributed by atoms with Crippen LogP contribution in [0.4, 0.5) is 4.79 Å². The molecular weight excluding hydrogens is 246 g/mol. The third kappa shape index (κ3) is 3.10. The molecule has 1 saturated heterocycles. The van der Waals surface area contributed by atoms with Gasteiger partial charge in [0.1, 0.15) is 6.61 Å². The van der Waals surface area contributed by atoms with Crippen LogP contribution in [0.25, 0.3) is 0 Å². The number of benzene rings is 1. The Kier molecular flexibility index (Phi) is 3.49.